The molecule has 1 aromatic rings. The van der Waals surface area contributed by atoms with Crippen molar-refractivity contribution in [3.05, 3.63) is 24.0 Å². The second-order valence-corrected chi connectivity index (χ2v) is 4.99. The number of hydrogen-bond donors (Lipinski definition) is 2. The highest BCUT2D eigenvalue weighted by atomic mass is 32.2. The molecule has 16 heavy (non-hydrogen) atoms. The Kier molecular flexibility index (Phi) is 4.62. The molecule has 3 N–H and O–H groups in total. The number of halogens is 1. The third-order valence-electron chi connectivity index (χ3n) is 2.72. The van der Waals surface area contributed by atoms with Crippen molar-refractivity contribution < 1.29 is 9.50 Å². The third-order valence-corrected chi connectivity index (χ3v) is 3.97. The first-order valence-electron chi connectivity index (χ1n) is 5.40. The first-order valence-corrected chi connectivity index (χ1v) is 6.39. The number of anilines is 1. The summed E-state index contributed by atoms with van der Waals surface area (Å²) in [5.74, 6) is 0.224. The Bertz CT molecular complexity index is 333. The van der Waals surface area contributed by atoms with E-state index in [9.17, 15) is 9.50 Å². The van der Waals surface area contributed by atoms with E-state index in [1.807, 2.05) is 13.8 Å². The third kappa shape index (κ3) is 3.68. The molecule has 0 radical (unpaired) electrons. The lowest BCUT2D eigenvalue weighted by Gasteiger charge is -2.24. The summed E-state index contributed by atoms with van der Waals surface area (Å²) in [7, 11) is 0. The maximum atomic E-state index is 13.1. The van der Waals surface area contributed by atoms with Gasteiger partial charge in [0.15, 0.2) is 0 Å². The van der Waals surface area contributed by atoms with Gasteiger partial charge < -0.3 is 10.8 Å². The quantitative estimate of drug-likeness (QED) is 0.617. The molecule has 0 atom stereocenters. The van der Waals surface area contributed by atoms with E-state index in [1.165, 1.54) is 23.9 Å². The summed E-state index contributed by atoms with van der Waals surface area (Å²) in [5, 5.41) is 10.1. The lowest BCUT2D eigenvalue weighted by molar-refractivity contribution is 0.0572. The van der Waals surface area contributed by atoms with E-state index >= 15 is 0 Å². The molecule has 2 nitrogen and oxygen atoms in total. The van der Waals surface area contributed by atoms with Gasteiger partial charge in [-0.3, -0.25) is 0 Å². The highest BCUT2D eigenvalue weighted by Gasteiger charge is 2.22. The average Bonchev–Trinajstić information content (AvgIpc) is 2.25. The maximum Gasteiger partial charge on any atom is 0.126 e. The largest absolute Gasteiger partial charge is 0.399 e. The van der Waals surface area contributed by atoms with E-state index in [0.717, 1.165) is 4.90 Å². The zero-order chi connectivity index (χ0) is 12.2. The first kappa shape index (κ1) is 13.3. The van der Waals surface area contributed by atoms with Gasteiger partial charge in [0.1, 0.15) is 5.82 Å². The van der Waals surface area contributed by atoms with Crippen molar-refractivity contribution >= 4 is 17.4 Å². The molecule has 0 aliphatic carbocycles. The molecule has 0 bridgehead atoms. The van der Waals surface area contributed by atoms with Crippen molar-refractivity contribution in [3.63, 3.8) is 0 Å². The van der Waals surface area contributed by atoms with Gasteiger partial charge in [-0.25, -0.2) is 4.39 Å². The molecular formula is C12H18FNOS. The number of hydrogen-bond acceptors (Lipinski definition) is 3. The van der Waals surface area contributed by atoms with Crippen LogP contribution in [-0.4, -0.2) is 16.5 Å². The number of thioether (sulfide) groups is 1. The highest BCUT2D eigenvalue weighted by molar-refractivity contribution is 7.99. The normalized spacial score (nSPS) is 11.8. The summed E-state index contributed by atoms with van der Waals surface area (Å²) in [5.41, 5.74) is 5.29. The van der Waals surface area contributed by atoms with Crippen LogP contribution in [0.5, 0.6) is 0 Å². The number of aliphatic hydroxyl groups is 1. The smallest absolute Gasteiger partial charge is 0.126 e. The summed E-state index contributed by atoms with van der Waals surface area (Å²) >= 11 is 1.43. The van der Waals surface area contributed by atoms with Crippen LogP contribution < -0.4 is 5.73 Å². The molecule has 0 unspecified atom stereocenters. The van der Waals surface area contributed by atoms with Crippen LogP contribution in [0.3, 0.4) is 0 Å². The monoisotopic (exact) mass is 243 g/mol. The fourth-order valence-corrected chi connectivity index (χ4v) is 2.60. The molecule has 0 aromatic heterocycles. The van der Waals surface area contributed by atoms with Gasteiger partial charge >= 0.3 is 0 Å². The van der Waals surface area contributed by atoms with Gasteiger partial charge in [-0.05, 0) is 31.0 Å². The van der Waals surface area contributed by atoms with Crippen LogP contribution in [0.4, 0.5) is 10.1 Å². The summed E-state index contributed by atoms with van der Waals surface area (Å²) < 4.78 is 13.1. The lowest BCUT2D eigenvalue weighted by Crippen LogP contribution is -2.29. The Morgan fingerprint density at radius 1 is 1.31 bits per heavy atom. The molecule has 0 saturated carbocycles. The molecule has 0 saturated heterocycles. The van der Waals surface area contributed by atoms with Gasteiger partial charge in [-0.15, -0.1) is 11.8 Å². The van der Waals surface area contributed by atoms with E-state index in [1.54, 1.807) is 6.07 Å². The summed E-state index contributed by atoms with van der Waals surface area (Å²) in [6.07, 6.45) is 1.39. The van der Waals surface area contributed by atoms with Crippen LogP contribution in [0.25, 0.3) is 0 Å². The average molecular weight is 243 g/mol. The summed E-state index contributed by atoms with van der Waals surface area (Å²) in [6.45, 7) is 3.90. The van der Waals surface area contributed by atoms with Gasteiger partial charge in [0.2, 0.25) is 0 Å². The minimum absolute atomic E-state index is 0.334. The van der Waals surface area contributed by atoms with E-state index in [4.69, 9.17) is 5.73 Å². The Morgan fingerprint density at radius 2 is 1.94 bits per heavy atom. The molecule has 0 aliphatic rings. The lowest BCUT2D eigenvalue weighted by atomic mass is 10.0. The van der Waals surface area contributed by atoms with E-state index < -0.39 is 5.60 Å². The van der Waals surface area contributed by atoms with Crippen LogP contribution in [0.2, 0.25) is 0 Å². The number of rotatable bonds is 5. The molecular weight excluding hydrogens is 225 g/mol. The Balaban J connectivity index is 2.67. The summed E-state index contributed by atoms with van der Waals surface area (Å²) in [6, 6.07) is 4.45. The molecule has 0 aliphatic heterocycles. The molecule has 0 fully saturated rings. The Hall–Kier alpha value is -0.740. The fourth-order valence-electron chi connectivity index (χ4n) is 1.34. The van der Waals surface area contributed by atoms with Gasteiger partial charge in [-0.2, -0.15) is 0 Å². The van der Waals surface area contributed by atoms with Crippen molar-refractivity contribution in [2.45, 2.75) is 37.2 Å². The maximum absolute atomic E-state index is 13.1. The topological polar surface area (TPSA) is 46.2 Å². The number of nitrogen functional groups attached to an aromatic ring is 1. The van der Waals surface area contributed by atoms with Crippen LogP contribution in [0, 0.1) is 5.82 Å². The molecule has 1 aromatic carbocycles. The van der Waals surface area contributed by atoms with Gasteiger partial charge in [-0.1, -0.05) is 13.8 Å². The SMILES string of the molecule is CCC(O)(CC)CSc1cc(N)cc(F)c1. The van der Waals surface area contributed by atoms with Crippen molar-refractivity contribution in [2.24, 2.45) is 0 Å². The van der Waals surface area contributed by atoms with Crippen LogP contribution >= 0.6 is 11.8 Å². The summed E-state index contributed by atoms with van der Waals surface area (Å²) in [4.78, 5) is 0.762. The van der Waals surface area contributed by atoms with Crippen molar-refractivity contribution in [2.75, 3.05) is 11.5 Å². The molecule has 0 heterocycles. The Morgan fingerprint density at radius 3 is 2.44 bits per heavy atom. The first-order chi connectivity index (χ1) is 7.49. The van der Waals surface area contributed by atoms with Crippen LogP contribution in [0.1, 0.15) is 26.7 Å². The molecule has 4 heteroatoms. The molecule has 0 amide bonds. The fraction of sp³-hybridized carbons (Fsp3) is 0.500. The Labute approximate surface area is 100 Å². The van der Waals surface area contributed by atoms with Crippen molar-refractivity contribution in [3.8, 4) is 0 Å². The van der Waals surface area contributed by atoms with Gasteiger partial charge in [0.05, 0.1) is 5.60 Å². The van der Waals surface area contributed by atoms with E-state index in [-0.39, 0.29) is 5.82 Å². The van der Waals surface area contributed by atoms with E-state index in [2.05, 4.69) is 0 Å². The predicted octanol–water partition coefficient (Wildman–Crippen LogP) is 3.05. The van der Waals surface area contributed by atoms with Crippen molar-refractivity contribution in [1.29, 1.82) is 0 Å². The van der Waals surface area contributed by atoms with Gasteiger partial charge in [0, 0.05) is 16.3 Å². The number of benzene rings is 1. The van der Waals surface area contributed by atoms with E-state index in [0.29, 0.717) is 24.3 Å². The zero-order valence-electron chi connectivity index (χ0n) is 9.66. The standard InChI is InChI=1S/C12H18FNOS/c1-3-12(15,4-2)8-16-11-6-9(13)5-10(14)7-11/h5-7,15H,3-4,8,14H2,1-2H3. The van der Waals surface area contributed by atoms with Gasteiger partial charge in [0.25, 0.3) is 0 Å². The molecule has 0 spiro atoms. The van der Waals surface area contributed by atoms with Crippen molar-refractivity contribution in [1.82, 2.24) is 0 Å². The highest BCUT2D eigenvalue weighted by Crippen LogP contribution is 2.28. The van der Waals surface area contributed by atoms with Crippen LogP contribution in [-0.2, 0) is 0 Å². The predicted molar refractivity (Wildman–Crippen MR) is 67.1 cm³/mol. The molecule has 1 rings (SSSR count). The minimum atomic E-state index is -0.675. The molecule has 90 valence electrons. The number of nitrogens with two attached hydrogens (primary N) is 1. The van der Waals surface area contributed by atoms with Crippen LogP contribution in [0.15, 0.2) is 23.1 Å². The minimum Gasteiger partial charge on any atom is -0.399 e. The second-order valence-electron chi connectivity index (χ2n) is 3.94. The second kappa shape index (κ2) is 5.55. The zero-order valence-corrected chi connectivity index (χ0v) is 10.5.